The van der Waals surface area contributed by atoms with Crippen molar-refractivity contribution in [1.29, 1.82) is 0 Å². The summed E-state index contributed by atoms with van der Waals surface area (Å²) >= 11 is 0. The summed E-state index contributed by atoms with van der Waals surface area (Å²) in [5.41, 5.74) is 0.321. The fourth-order valence-corrected chi connectivity index (χ4v) is 2.85. The van der Waals surface area contributed by atoms with Crippen LogP contribution < -0.4 is 0 Å². The lowest BCUT2D eigenvalue weighted by Crippen LogP contribution is -2.31. The molecule has 1 amide bonds. The largest absolute Gasteiger partial charge is 0.416 e. The molecule has 3 rings (SSSR count). The molecule has 0 bridgehead atoms. The Balaban J connectivity index is 1.86. The van der Waals surface area contributed by atoms with Crippen molar-refractivity contribution in [3.63, 3.8) is 0 Å². The van der Waals surface area contributed by atoms with Crippen LogP contribution in [0.5, 0.6) is 0 Å². The number of aliphatic hydroxyl groups is 1. The van der Waals surface area contributed by atoms with Crippen molar-refractivity contribution in [3.05, 3.63) is 52.9 Å². The second kappa shape index (κ2) is 5.94. The molecular weight excluding hydrogens is 325 g/mol. The second-order valence-corrected chi connectivity index (χ2v) is 5.82. The van der Waals surface area contributed by atoms with Crippen LogP contribution in [0, 0.1) is 6.92 Å². The van der Waals surface area contributed by atoms with E-state index < -0.39 is 29.8 Å². The SMILES string of the molecule is Cc1cc(C(=O)N2C[C@@H](O)C[C@H]2c2ccc(C(F)(F)F)cc2)on1. The predicted octanol–water partition coefficient (Wildman–Crippen LogP) is 2.95. The highest BCUT2D eigenvalue weighted by atomic mass is 19.4. The maximum absolute atomic E-state index is 12.7. The van der Waals surface area contributed by atoms with E-state index in [1.165, 1.54) is 23.1 Å². The third-order valence-corrected chi connectivity index (χ3v) is 4.00. The molecule has 5 nitrogen and oxygen atoms in total. The first-order chi connectivity index (χ1) is 11.3. The van der Waals surface area contributed by atoms with Crippen LogP contribution >= 0.6 is 0 Å². The molecule has 1 aromatic carbocycles. The van der Waals surface area contributed by atoms with Crippen molar-refractivity contribution < 1.29 is 27.6 Å². The number of aliphatic hydroxyl groups excluding tert-OH is 1. The van der Waals surface area contributed by atoms with Crippen molar-refractivity contribution in [3.8, 4) is 0 Å². The van der Waals surface area contributed by atoms with Gasteiger partial charge in [0.05, 0.1) is 23.4 Å². The van der Waals surface area contributed by atoms with E-state index in [9.17, 15) is 23.1 Å². The highest BCUT2D eigenvalue weighted by molar-refractivity contribution is 5.92. The van der Waals surface area contributed by atoms with Crippen molar-refractivity contribution in [2.24, 2.45) is 0 Å². The molecule has 0 radical (unpaired) electrons. The number of aromatic nitrogens is 1. The number of carbonyl (C=O) groups excluding carboxylic acids is 1. The maximum atomic E-state index is 12.7. The summed E-state index contributed by atoms with van der Waals surface area (Å²) in [6.45, 7) is 1.76. The summed E-state index contributed by atoms with van der Waals surface area (Å²) in [7, 11) is 0. The van der Waals surface area contributed by atoms with Gasteiger partial charge in [-0.15, -0.1) is 0 Å². The van der Waals surface area contributed by atoms with Gasteiger partial charge >= 0.3 is 6.18 Å². The van der Waals surface area contributed by atoms with E-state index in [-0.39, 0.29) is 18.7 Å². The molecule has 0 unspecified atom stereocenters. The van der Waals surface area contributed by atoms with Gasteiger partial charge in [-0.25, -0.2) is 0 Å². The zero-order valence-corrected chi connectivity index (χ0v) is 12.7. The van der Waals surface area contributed by atoms with Crippen molar-refractivity contribution in [2.75, 3.05) is 6.54 Å². The number of halogens is 3. The number of likely N-dealkylation sites (tertiary alicyclic amines) is 1. The molecule has 0 spiro atoms. The first kappa shape index (κ1) is 16.5. The van der Waals surface area contributed by atoms with Crippen LogP contribution in [0.3, 0.4) is 0 Å². The summed E-state index contributed by atoms with van der Waals surface area (Å²) in [6, 6.07) is 5.58. The highest BCUT2D eigenvalue weighted by Crippen LogP contribution is 2.35. The van der Waals surface area contributed by atoms with Crippen molar-refractivity contribution in [1.82, 2.24) is 10.1 Å². The zero-order valence-electron chi connectivity index (χ0n) is 12.7. The van der Waals surface area contributed by atoms with E-state index >= 15 is 0 Å². The first-order valence-corrected chi connectivity index (χ1v) is 7.35. The molecule has 0 aliphatic carbocycles. The molecule has 1 aliphatic rings. The quantitative estimate of drug-likeness (QED) is 0.913. The molecule has 1 aromatic heterocycles. The minimum atomic E-state index is -4.42. The van der Waals surface area contributed by atoms with Gasteiger partial charge in [0.25, 0.3) is 5.91 Å². The van der Waals surface area contributed by atoms with E-state index in [0.717, 1.165) is 12.1 Å². The summed E-state index contributed by atoms with van der Waals surface area (Å²) < 4.78 is 42.9. The molecule has 2 atom stereocenters. The number of rotatable bonds is 2. The van der Waals surface area contributed by atoms with E-state index in [1.54, 1.807) is 6.92 Å². The lowest BCUT2D eigenvalue weighted by Gasteiger charge is -2.23. The Bertz CT molecular complexity index is 740. The maximum Gasteiger partial charge on any atom is 0.416 e. The Hall–Kier alpha value is -2.35. The van der Waals surface area contributed by atoms with Crippen LogP contribution in [-0.4, -0.2) is 33.7 Å². The van der Waals surface area contributed by atoms with E-state index in [1.807, 2.05) is 0 Å². The Morgan fingerprint density at radius 3 is 2.54 bits per heavy atom. The van der Waals surface area contributed by atoms with E-state index in [4.69, 9.17) is 4.52 Å². The Labute approximate surface area is 135 Å². The number of hydrogen-bond donors (Lipinski definition) is 1. The van der Waals surface area contributed by atoms with Crippen LogP contribution in [0.4, 0.5) is 13.2 Å². The lowest BCUT2D eigenvalue weighted by atomic mass is 10.0. The smallest absolute Gasteiger partial charge is 0.391 e. The molecule has 2 aromatic rings. The average molecular weight is 340 g/mol. The van der Waals surface area contributed by atoms with Crippen LogP contribution in [-0.2, 0) is 6.18 Å². The summed E-state index contributed by atoms with van der Waals surface area (Å²) in [6.07, 6.45) is -4.91. The number of β-amino-alcohol motifs (C(OH)–C–C–N with tert-alkyl or cyclic N) is 1. The highest BCUT2D eigenvalue weighted by Gasteiger charge is 2.37. The molecule has 1 fully saturated rings. The van der Waals surface area contributed by atoms with Gasteiger partial charge in [0, 0.05) is 12.6 Å². The Morgan fingerprint density at radius 1 is 1.33 bits per heavy atom. The summed E-state index contributed by atoms with van der Waals surface area (Å²) in [5.74, 6) is -0.407. The van der Waals surface area contributed by atoms with Gasteiger partial charge in [0.2, 0.25) is 5.76 Å². The minimum Gasteiger partial charge on any atom is -0.391 e. The first-order valence-electron chi connectivity index (χ1n) is 7.35. The van der Waals surface area contributed by atoms with Crippen LogP contribution in [0.15, 0.2) is 34.9 Å². The van der Waals surface area contributed by atoms with Crippen LogP contribution in [0.1, 0.15) is 39.8 Å². The van der Waals surface area contributed by atoms with Gasteiger partial charge in [-0.05, 0) is 31.0 Å². The average Bonchev–Trinajstić information content (AvgIpc) is 3.12. The fourth-order valence-electron chi connectivity index (χ4n) is 2.85. The van der Waals surface area contributed by atoms with Gasteiger partial charge in [0.1, 0.15) is 0 Å². The fraction of sp³-hybridized carbons (Fsp3) is 0.375. The molecular formula is C16H15F3N2O3. The van der Waals surface area contributed by atoms with Crippen molar-refractivity contribution >= 4 is 5.91 Å². The van der Waals surface area contributed by atoms with E-state index in [2.05, 4.69) is 5.16 Å². The van der Waals surface area contributed by atoms with Crippen LogP contribution in [0.25, 0.3) is 0 Å². The topological polar surface area (TPSA) is 66.6 Å². The van der Waals surface area contributed by atoms with Crippen LogP contribution in [0.2, 0.25) is 0 Å². The van der Waals surface area contributed by atoms with Gasteiger partial charge in [-0.2, -0.15) is 13.2 Å². The zero-order chi connectivity index (χ0) is 17.5. The molecule has 1 saturated heterocycles. The monoisotopic (exact) mass is 340 g/mol. The Morgan fingerprint density at radius 2 is 2.00 bits per heavy atom. The minimum absolute atomic E-state index is 0.0403. The number of carbonyl (C=O) groups is 1. The van der Waals surface area contributed by atoms with E-state index in [0.29, 0.717) is 11.3 Å². The molecule has 8 heteroatoms. The molecule has 24 heavy (non-hydrogen) atoms. The summed E-state index contributed by atoms with van der Waals surface area (Å²) in [5, 5.41) is 13.6. The number of nitrogens with zero attached hydrogens (tertiary/aromatic N) is 2. The number of alkyl halides is 3. The molecule has 1 aliphatic heterocycles. The molecule has 1 N–H and O–H groups in total. The van der Waals surface area contributed by atoms with Gasteiger partial charge < -0.3 is 14.5 Å². The predicted molar refractivity (Wildman–Crippen MR) is 77.1 cm³/mol. The second-order valence-electron chi connectivity index (χ2n) is 5.82. The Kier molecular flexibility index (Phi) is 4.08. The van der Waals surface area contributed by atoms with Crippen molar-refractivity contribution in [2.45, 2.75) is 31.7 Å². The normalized spacial score (nSPS) is 21.3. The third kappa shape index (κ3) is 3.14. The third-order valence-electron chi connectivity index (χ3n) is 4.00. The number of aryl methyl sites for hydroxylation is 1. The van der Waals surface area contributed by atoms with Gasteiger partial charge in [0.15, 0.2) is 0 Å². The molecule has 2 heterocycles. The summed E-state index contributed by atoms with van der Waals surface area (Å²) in [4.78, 5) is 13.9. The molecule has 0 saturated carbocycles. The molecule has 128 valence electrons. The van der Waals surface area contributed by atoms with Gasteiger partial charge in [-0.3, -0.25) is 4.79 Å². The van der Waals surface area contributed by atoms with Gasteiger partial charge in [-0.1, -0.05) is 17.3 Å². The standard InChI is InChI=1S/C16H15F3N2O3/c1-9-6-14(24-20-9)15(23)21-8-12(22)7-13(21)10-2-4-11(5-3-10)16(17,18)19/h2-6,12-13,22H,7-8H2,1H3/t12-,13-/m0/s1. The number of amides is 1. The number of benzene rings is 1. The number of hydrogen-bond acceptors (Lipinski definition) is 4. The lowest BCUT2D eigenvalue weighted by molar-refractivity contribution is -0.137.